The largest absolute Gasteiger partial charge is 0.405 e. The first kappa shape index (κ1) is 15.8. The maximum Gasteiger partial charge on any atom is 0.405 e. The molecule has 8 heteroatoms. The molecule has 110 valence electrons. The third-order valence-corrected chi connectivity index (χ3v) is 2.71. The molecule has 0 bridgehead atoms. The molecule has 1 rings (SSSR count). The number of nitrogens with one attached hydrogen (secondary N) is 1. The SMILES string of the molecule is CNCc1c(C)nn(C)c1N(CCO)CC(F)(F)F. The summed E-state index contributed by atoms with van der Waals surface area (Å²) < 4.78 is 39.2. The van der Waals surface area contributed by atoms with Gasteiger partial charge in [0.2, 0.25) is 0 Å². The van der Waals surface area contributed by atoms with Crippen LogP contribution in [0.3, 0.4) is 0 Å². The molecule has 0 saturated heterocycles. The van der Waals surface area contributed by atoms with Gasteiger partial charge in [-0.1, -0.05) is 0 Å². The molecule has 19 heavy (non-hydrogen) atoms. The van der Waals surface area contributed by atoms with E-state index < -0.39 is 12.7 Å². The molecule has 0 aliphatic carbocycles. The highest BCUT2D eigenvalue weighted by molar-refractivity contribution is 5.50. The van der Waals surface area contributed by atoms with Crippen LogP contribution in [-0.4, -0.2) is 47.8 Å². The molecule has 0 radical (unpaired) electrons. The molecule has 1 aromatic heterocycles. The maximum absolute atomic E-state index is 12.6. The summed E-state index contributed by atoms with van der Waals surface area (Å²) in [4.78, 5) is 1.10. The lowest BCUT2D eigenvalue weighted by Gasteiger charge is -2.26. The summed E-state index contributed by atoms with van der Waals surface area (Å²) in [5, 5.41) is 16.0. The molecule has 1 aromatic rings. The van der Waals surface area contributed by atoms with Crippen molar-refractivity contribution in [1.29, 1.82) is 0 Å². The first-order valence-corrected chi connectivity index (χ1v) is 5.89. The number of alkyl halides is 3. The van der Waals surface area contributed by atoms with Gasteiger partial charge in [0.25, 0.3) is 0 Å². The Balaban J connectivity index is 3.14. The van der Waals surface area contributed by atoms with Gasteiger partial charge in [0, 0.05) is 25.7 Å². The van der Waals surface area contributed by atoms with Crippen LogP contribution < -0.4 is 10.2 Å². The van der Waals surface area contributed by atoms with Gasteiger partial charge in [-0.15, -0.1) is 0 Å². The van der Waals surface area contributed by atoms with Gasteiger partial charge in [-0.05, 0) is 14.0 Å². The van der Waals surface area contributed by atoms with Crippen molar-refractivity contribution in [1.82, 2.24) is 15.1 Å². The van der Waals surface area contributed by atoms with Gasteiger partial charge in [0.1, 0.15) is 12.4 Å². The number of nitrogens with zero attached hydrogens (tertiary/aromatic N) is 3. The van der Waals surface area contributed by atoms with Crippen LogP contribution in [0.1, 0.15) is 11.3 Å². The van der Waals surface area contributed by atoms with Crippen LogP contribution >= 0.6 is 0 Å². The third kappa shape index (κ3) is 4.10. The number of hydrogen-bond donors (Lipinski definition) is 2. The molecular formula is C11H19F3N4O. The zero-order valence-electron chi connectivity index (χ0n) is 11.3. The molecule has 0 aliphatic rings. The van der Waals surface area contributed by atoms with E-state index in [1.54, 1.807) is 21.0 Å². The average molecular weight is 280 g/mol. The van der Waals surface area contributed by atoms with Gasteiger partial charge in [-0.3, -0.25) is 4.68 Å². The Hall–Kier alpha value is -1.28. The quantitative estimate of drug-likeness (QED) is 0.809. The molecule has 0 saturated carbocycles. The molecule has 0 aromatic carbocycles. The van der Waals surface area contributed by atoms with Gasteiger partial charge in [-0.2, -0.15) is 18.3 Å². The monoisotopic (exact) mass is 280 g/mol. The van der Waals surface area contributed by atoms with E-state index in [-0.39, 0.29) is 13.2 Å². The standard InChI is InChI=1S/C11H19F3N4O/c1-8-9(6-15-2)10(17(3)16-8)18(4-5-19)7-11(12,13)14/h15,19H,4-7H2,1-3H3. The summed E-state index contributed by atoms with van der Waals surface area (Å²) in [7, 11) is 3.32. The molecule has 0 atom stereocenters. The van der Waals surface area contributed by atoms with E-state index in [9.17, 15) is 13.2 Å². The van der Waals surface area contributed by atoms with E-state index in [1.165, 1.54) is 4.68 Å². The summed E-state index contributed by atoms with van der Waals surface area (Å²) in [6.07, 6.45) is -4.33. The molecule has 0 fully saturated rings. The van der Waals surface area contributed by atoms with Crippen molar-refractivity contribution in [3.63, 3.8) is 0 Å². The topological polar surface area (TPSA) is 53.3 Å². The van der Waals surface area contributed by atoms with E-state index in [1.807, 2.05) is 0 Å². The fourth-order valence-electron chi connectivity index (χ4n) is 2.07. The lowest BCUT2D eigenvalue weighted by atomic mass is 10.2. The number of rotatable bonds is 6. The lowest BCUT2D eigenvalue weighted by Crippen LogP contribution is -2.38. The van der Waals surface area contributed by atoms with E-state index in [0.717, 1.165) is 4.90 Å². The van der Waals surface area contributed by atoms with E-state index in [0.29, 0.717) is 23.6 Å². The minimum Gasteiger partial charge on any atom is -0.395 e. The normalized spacial score (nSPS) is 11.9. The molecular weight excluding hydrogens is 261 g/mol. The summed E-state index contributed by atoms with van der Waals surface area (Å²) in [6, 6.07) is 0. The number of aryl methyl sites for hydroxylation is 2. The van der Waals surface area contributed by atoms with Gasteiger partial charge in [-0.25, -0.2) is 0 Å². The summed E-state index contributed by atoms with van der Waals surface area (Å²) >= 11 is 0. The Labute approximate surface area is 110 Å². The molecule has 0 aliphatic heterocycles. The summed E-state index contributed by atoms with van der Waals surface area (Å²) in [5.74, 6) is 0.387. The van der Waals surface area contributed by atoms with Gasteiger partial charge < -0.3 is 15.3 Å². The van der Waals surface area contributed by atoms with E-state index >= 15 is 0 Å². The van der Waals surface area contributed by atoms with Crippen LogP contribution in [0.2, 0.25) is 0 Å². The first-order valence-electron chi connectivity index (χ1n) is 5.89. The van der Waals surface area contributed by atoms with Crippen LogP contribution in [-0.2, 0) is 13.6 Å². The number of anilines is 1. The highest BCUT2D eigenvalue weighted by atomic mass is 19.4. The van der Waals surface area contributed by atoms with Crippen molar-refractivity contribution >= 4 is 5.82 Å². The Kier molecular flexibility index (Phi) is 5.19. The number of halogens is 3. The fraction of sp³-hybridized carbons (Fsp3) is 0.727. The molecule has 5 nitrogen and oxygen atoms in total. The van der Waals surface area contributed by atoms with Crippen molar-refractivity contribution in [3.05, 3.63) is 11.3 Å². The molecule has 2 N–H and O–H groups in total. The summed E-state index contributed by atoms with van der Waals surface area (Å²) in [6.45, 7) is 0.632. The number of aliphatic hydroxyl groups excluding tert-OH is 1. The predicted molar refractivity (Wildman–Crippen MR) is 66.1 cm³/mol. The molecule has 1 heterocycles. The highest BCUT2D eigenvalue weighted by Gasteiger charge is 2.33. The van der Waals surface area contributed by atoms with Gasteiger partial charge in [0.05, 0.1) is 12.3 Å². The fourth-order valence-corrected chi connectivity index (χ4v) is 2.07. The van der Waals surface area contributed by atoms with Crippen molar-refractivity contribution in [3.8, 4) is 0 Å². The second-order valence-corrected chi connectivity index (χ2v) is 4.30. The smallest absolute Gasteiger partial charge is 0.395 e. The molecule has 0 spiro atoms. The summed E-state index contributed by atoms with van der Waals surface area (Å²) in [5.41, 5.74) is 1.39. The predicted octanol–water partition coefficient (Wildman–Crippen LogP) is 0.809. The maximum atomic E-state index is 12.6. The molecule has 0 unspecified atom stereocenters. The van der Waals surface area contributed by atoms with Crippen LogP contribution in [0.15, 0.2) is 0 Å². The Morgan fingerprint density at radius 2 is 2.05 bits per heavy atom. The van der Waals surface area contributed by atoms with Gasteiger partial charge >= 0.3 is 6.18 Å². The van der Waals surface area contributed by atoms with E-state index in [2.05, 4.69) is 10.4 Å². The molecule has 0 amide bonds. The van der Waals surface area contributed by atoms with Crippen LogP contribution in [0.5, 0.6) is 0 Å². The average Bonchev–Trinajstić information content (AvgIpc) is 2.52. The Morgan fingerprint density at radius 3 is 2.53 bits per heavy atom. The van der Waals surface area contributed by atoms with Crippen LogP contribution in [0.25, 0.3) is 0 Å². The minimum atomic E-state index is -4.33. The first-order chi connectivity index (χ1) is 8.80. The Morgan fingerprint density at radius 1 is 1.42 bits per heavy atom. The van der Waals surface area contributed by atoms with Crippen molar-refractivity contribution in [2.75, 3.05) is 31.6 Å². The van der Waals surface area contributed by atoms with Crippen molar-refractivity contribution in [2.45, 2.75) is 19.6 Å². The number of aliphatic hydroxyl groups is 1. The highest BCUT2D eigenvalue weighted by Crippen LogP contribution is 2.26. The van der Waals surface area contributed by atoms with Crippen molar-refractivity contribution in [2.24, 2.45) is 7.05 Å². The number of hydrogen-bond acceptors (Lipinski definition) is 4. The van der Waals surface area contributed by atoms with Crippen LogP contribution in [0, 0.1) is 6.92 Å². The van der Waals surface area contributed by atoms with Gasteiger partial charge in [0.15, 0.2) is 0 Å². The minimum absolute atomic E-state index is 0.0881. The lowest BCUT2D eigenvalue weighted by molar-refractivity contribution is -0.120. The number of aromatic nitrogens is 2. The van der Waals surface area contributed by atoms with Crippen LogP contribution in [0.4, 0.5) is 19.0 Å². The second-order valence-electron chi connectivity index (χ2n) is 4.30. The van der Waals surface area contributed by atoms with E-state index in [4.69, 9.17) is 5.11 Å². The third-order valence-electron chi connectivity index (χ3n) is 2.71. The van der Waals surface area contributed by atoms with Crippen molar-refractivity contribution < 1.29 is 18.3 Å². The zero-order chi connectivity index (χ0) is 14.6. The Bertz CT molecular complexity index is 417. The second kappa shape index (κ2) is 6.25. The zero-order valence-corrected chi connectivity index (χ0v) is 11.3.